The Bertz CT molecular complexity index is 470. The Kier molecular flexibility index (Phi) is 4.19. The molecule has 0 aromatic heterocycles. The van der Waals surface area contributed by atoms with E-state index in [2.05, 4.69) is 0 Å². The Balaban J connectivity index is 2.11. The molecule has 2 rings (SSSR count). The highest BCUT2D eigenvalue weighted by Gasteiger charge is 2.43. The highest BCUT2D eigenvalue weighted by atomic mass is 35.5. The first-order chi connectivity index (χ1) is 8.88. The van der Waals surface area contributed by atoms with Gasteiger partial charge in [-0.3, -0.25) is 4.79 Å². The van der Waals surface area contributed by atoms with Gasteiger partial charge in [-0.15, -0.1) is 0 Å². The van der Waals surface area contributed by atoms with Crippen LogP contribution in [0.4, 0.5) is 13.2 Å². The van der Waals surface area contributed by atoms with Gasteiger partial charge in [-0.1, -0.05) is 30.2 Å². The number of carbonyl (C=O) groups excluding carboxylic acids is 1. The molecule has 1 saturated carbocycles. The zero-order valence-electron chi connectivity index (χ0n) is 10.2. The molecule has 0 aliphatic heterocycles. The van der Waals surface area contributed by atoms with Gasteiger partial charge in [0.05, 0.1) is 5.92 Å². The minimum atomic E-state index is -4.20. The lowest BCUT2D eigenvalue weighted by Crippen LogP contribution is -2.31. The largest absolute Gasteiger partial charge is 0.391 e. The molecule has 1 aromatic carbocycles. The van der Waals surface area contributed by atoms with E-state index in [9.17, 15) is 18.0 Å². The molecule has 1 nitrogen and oxygen atoms in total. The van der Waals surface area contributed by atoms with Gasteiger partial charge in [-0.05, 0) is 31.4 Å². The highest BCUT2D eigenvalue weighted by Crippen LogP contribution is 2.40. The normalized spacial score (nSPS) is 24.2. The molecule has 0 bridgehead atoms. The number of hydrogen-bond donors (Lipinski definition) is 0. The number of hydrogen-bond acceptors (Lipinski definition) is 1. The molecule has 1 aromatic rings. The molecule has 1 aliphatic carbocycles. The van der Waals surface area contributed by atoms with Crippen LogP contribution in [0, 0.1) is 11.8 Å². The predicted molar refractivity (Wildman–Crippen MR) is 67.3 cm³/mol. The second kappa shape index (κ2) is 5.53. The number of halogens is 4. The van der Waals surface area contributed by atoms with Crippen LogP contribution in [0.1, 0.15) is 36.0 Å². The number of carbonyl (C=O) groups is 1. The molecular formula is C14H14ClF3O. The lowest BCUT2D eigenvalue weighted by Gasteiger charge is -2.29. The molecule has 0 saturated heterocycles. The Morgan fingerprint density at radius 2 is 2.00 bits per heavy atom. The molecule has 1 aliphatic rings. The van der Waals surface area contributed by atoms with Crippen molar-refractivity contribution in [3.05, 3.63) is 34.9 Å². The molecule has 104 valence electrons. The van der Waals surface area contributed by atoms with E-state index < -0.39 is 18.0 Å². The summed E-state index contributed by atoms with van der Waals surface area (Å²) in [4.78, 5) is 12.2. The third-order valence-corrected chi connectivity index (χ3v) is 3.85. The van der Waals surface area contributed by atoms with E-state index in [0.29, 0.717) is 23.4 Å². The van der Waals surface area contributed by atoms with E-state index in [-0.39, 0.29) is 18.6 Å². The Hall–Kier alpha value is -1.03. The van der Waals surface area contributed by atoms with Crippen LogP contribution in [0.5, 0.6) is 0 Å². The molecule has 0 spiro atoms. The van der Waals surface area contributed by atoms with E-state index in [4.69, 9.17) is 11.6 Å². The summed E-state index contributed by atoms with van der Waals surface area (Å²) in [5, 5.41) is 0.425. The highest BCUT2D eigenvalue weighted by molar-refractivity contribution is 6.31. The summed E-state index contributed by atoms with van der Waals surface area (Å²) in [5.41, 5.74) is 0.403. The van der Waals surface area contributed by atoms with Crippen molar-refractivity contribution in [1.82, 2.24) is 0 Å². The van der Waals surface area contributed by atoms with Crippen molar-refractivity contribution < 1.29 is 18.0 Å². The molecule has 1 fully saturated rings. The maximum absolute atomic E-state index is 12.7. The number of benzene rings is 1. The summed E-state index contributed by atoms with van der Waals surface area (Å²) in [5.74, 6) is -2.12. The predicted octanol–water partition coefficient (Wildman–Crippen LogP) is 4.89. The number of ketones is 1. The van der Waals surface area contributed by atoms with Crippen molar-refractivity contribution in [2.75, 3.05) is 0 Å². The summed E-state index contributed by atoms with van der Waals surface area (Å²) in [6, 6.07) is 6.39. The minimum Gasteiger partial charge on any atom is -0.294 e. The van der Waals surface area contributed by atoms with Crippen LogP contribution in [0.2, 0.25) is 5.02 Å². The topological polar surface area (TPSA) is 17.1 Å². The molecule has 0 radical (unpaired) electrons. The Labute approximate surface area is 114 Å². The fourth-order valence-corrected chi connectivity index (χ4v) is 2.79. The monoisotopic (exact) mass is 290 g/mol. The molecule has 2 atom stereocenters. The SMILES string of the molecule is O=C(c1cccc(Cl)c1)C1CCCC(C(F)(F)F)C1. The zero-order chi connectivity index (χ0) is 14.0. The molecule has 0 N–H and O–H groups in total. The fraction of sp³-hybridized carbons (Fsp3) is 0.500. The number of rotatable bonds is 2. The summed E-state index contributed by atoms with van der Waals surface area (Å²) in [7, 11) is 0. The first kappa shape index (κ1) is 14.4. The summed E-state index contributed by atoms with van der Waals surface area (Å²) >= 11 is 5.80. The Morgan fingerprint density at radius 3 is 2.63 bits per heavy atom. The van der Waals surface area contributed by atoms with E-state index in [0.717, 1.165) is 0 Å². The van der Waals surface area contributed by atoms with Gasteiger partial charge >= 0.3 is 6.18 Å². The van der Waals surface area contributed by atoms with E-state index >= 15 is 0 Å². The van der Waals surface area contributed by atoms with E-state index in [1.807, 2.05) is 0 Å². The van der Waals surface area contributed by atoms with Crippen molar-refractivity contribution in [2.45, 2.75) is 31.9 Å². The van der Waals surface area contributed by atoms with Gasteiger partial charge in [0.15, 0.2) is 5.78 Å². The molecular weight excluding hydrogens is 277 g/mol. The van der Waals surface area contributed by atoms with Gasteiger partial charge in [-0.2, -0.15) is 13.2 Å². The fourth-order valence-electron chi connectivity index (χ4n) is 2.60. The van der Waals surface area contributed by atoms with Gasteiger partial charge < -0.3 is 0 Å². The maximum Gasteiger partial charge on any atom is 0.391 e. The van der Waals surface area contributed by atoms with Gasteiger partial charge in [0.1, 0.15) is 0 Å². The van der Waals surface area contributed by atoms with Crippen LogP contribution in [0.15, 0.2) is 24.3 Å². The molecule has 0 amide bonds. The molecule has 2 unspecified atom stereocenters. The van der Waals surface area contributed by atoms with Crippen molar-refractivity contribution >= 4 is 17.4 Å². The van der Waals surface area contributed by atoms with Crippen LogP contribution < -0.4 is 0 Å². The standard InChI is InChI=1S/C14H14ClF3O/c15-12-6-2-4-10(8-12)13(19)9-3-1-5-11(7-9)14(16,17)18/h2,4,6,8-9,11H,1,3,5,7H2. The third kappa shape index (κ3) is 3.50. The average Bonchev–Trinajstić information content (AvgIpc) is 2.37. The van der Waals surface area contributed by atoms with Crippen LogP contribution in [-0.4, -0.2) is 12.0 Å². The number of alkyl halides is 3. The van der Waals surface area contributed by atoms with Gasteiger partial charge in [0, 0.05) is 16.5 Å². The Morgan fingerprint density at radius 1 is 1.26 bits per heavy atom. The smallest absolute Gasteiger partial charge is 0.294 e. The lowest BCUT2D eigenvalue weighted by molar-refractivity contribution is -0.184. The lowest BCUT2D eigenvalue weighted by atomic mass is 9.77. The summed E-state index contributed by atoms with van der Waals surface area (Å²) < 4.78 is 38.1. The quantitative estimate of drug-likeness (QED) is 0.709. The first-order valence-electron chi connectivity index (χ1n) is 6.24. The third-order valence-electron chi connectivity index (χ3n) is 3.62. The van der Waals surface area contributed by atoms with Crippen LogP contribution in [0.3, 0.4) is 0 Å². The molecule has 19 heavy (non-hydrogen) atoms. The first-order valence-corrected chi connectivity index (χ1v) is 6.62. The second-order valence-corrected chi connectivity index (χ2v) is 5.41. The minimum absolute atomic E-state index is 0.102. The molecule has 0 heterocycles. The summed E-state index contributed by atoms with van der Waals surface area (Å²) in [6.45, 7) is 0. The maximum atomic E-state index is 12.7. The van der Waals surface area contributed by atoms with E-state index in [1.165, 1.54) is 6.07 Å². The van der Waals surface area contributed by atoms with Crippen LogP contribution in [0.25, 0.3) is 0 Å². The second-order valence-electron chi connectivity index (χ2n) is 4.98. The van der Waals surface area contributed by atoms with Crippen LogP contribution >= 0.6 is 11.6 Å². The van der Waals surface area contributed by atoms with Crippen LogP contribution in [-0.2, 0) is 0 Å². The number of Topliss-reactive ketones (excluding diaryl/α,β-unsaturated/α-hetero) is 1. The van der Waals surface area contributed by atoms with E-state index in [1.54, 1.807) is 18.2 Å². The van der Waals surface area contributed by atoms with Crippen molar-refractivity contribution in [2.24, 2.45) is 11.8 Å². The van der Waals surface area contributed by atoms with Gasteiger partial charge in [-0.25, -0.2) is 0 Å². The average molecular weight is 291 g/mol. The summed E-state index contributed by atoms with van der Waals surface area (Å²) in [6.07, 6.45) is -3.20. The van der Waals surface area contributed by atoms with Gasteiger partial charge in [0.25, 0.3) is 0 Å². The van der Waals surface area contributed by atoms with Crippen molar-refractivity contribution in [1.29, 1.82) is 0 Å². The van der Waals surface area contributed by atoms with Gasteiger partial charge in [0.2, 0.25) is 0 Å². The molecule has 5 heteroatoms. The zero-order valence-corrected chi connectivity index (χ0v) is 11.0. The van der Waals surface area contributed by atoms with Crippen molar-refractivity contribution in [3.8, 4) is 0 Å². The van der Waals surface area contributed by atoms with Crippen molar-refractivity contribution in [3.63, 3.8) is 0 Å².